The van der Waals surface area contributed by atoms with E-state index in [-0.39, 0.29) is 16.8 Å². The topological polar surface area (TPSA) is 60.4 Å². The van der Waals surface area contributed by atoms with Crippen LogP contribution in [0, 0.1) is 0 Å². The molecule has 1 aromatic carbocycles. The second-order valence-electron chi connectivity index (χ2n) is 4.08. The maximum absolute atomic E-state index is 11.2. The van der Waals surface area contributed by atoms with Gasteiger partial charge in [-0.3, -0.25) is 4.79 Å². The van der Waals surface area contributed by atoms with E-state index in [0.717, 1.165) is 6.26 Å². The Labute approximate surface area is 102 Å². The van der Waals surface area contributed by atoms with Crippen molar-refractivity contribution in [3.8, 4) is 5.75 Å². The standard InChI is InChI=1S/C12H16O4S/c1-9(13)8-10(2)16-11-4-6-12(7-5-11)17(3,14)15/h4-7,10H,8H2,1-3H3. The van der Waals surface area contributed by atoms with Gasteiger partial charge in [-0.05, 0) is 38.1 Å². The van der Waals surface area contributed by atoms with Crippen molar-refractivity contribution >= 4 is 15.6 Å². The van der Waals surface area contributed by atoms with E-state index in [0.29, 0.717) is 12.2 Å². The molecule has 0 heterocycles. The molecule has 5 heteroatoms. The van der Waals surface area contributed by atoms with Gasteiger partial charge >= 0.3 is 0 Å². The Bertz CT molecular complexity index is 488. The van der Waals surface area contributed by atoms with Crippen LogP contribution in [0.25, 0.3) is 0 Å². The van der Waals surface area contributed by atoms with Crippen molar-refractivity contribution in [3.63, 3.8) is 0 Å². The van der Waals surface area contributed by atoms with Crippen LogP contribution in [0.1, 0.15) is 20.3 Å². The second-order valence-corrected chi connectivity index (χ2v) is 6.09. The number of benzene rings is 1. The van der Waals surface area contributed by atoms with Gasteiger partial charge in [0, 0.05) is 12.7 Å². The molecule has 0 saturated heterocycles. The van der Waals surface area contributed by atoms with Gasteiger partial charge in [0.05, 0.1) is 4.90 Å². The van der Waals surface area contributed by atoms with Crippen molar-refractivity contribution in [2.45, 2.75) is 31.3 Å². The SMILES string of the molecule is CC(=O)CC(C)Oc1ccc(S(C)(=O)=O)cc1. The van der Waals surface area contributed by atoms with Crippen LogP contribution in [-0.2, 0) is 14.6 Å². The zero-order valence-corrected chi connectivity index (χ0v) is 11.0. The van der Waals surface area contributed by atoms with E-state index in [9.17, 15) is 13.2 Å². The molecule has 0 bridgehead atoms. The smallest absolute Gasteiger partial charge is 0.175 e. The van der Waals surface area contributed by atoms with Crippen LogP contribution < -0.4 is 4.74 Å². The molecule has 0 spiro atoms. The lowest BCUT2D eigenvalue weighted by Crippen LogP contribution is -2.15. The molecule has 94 valence electrons. The van der Waals surface area contributed by atoms with Crippen molar-refractivity contribution < 1.29 is 17.9 Å². The van der Waals surface area contributed by atoms with Crippen molar-refractivity contribution in [3.05, 3.63) is 24.3 Å². The fourth-order valence-corrected chi connectivity index (χ4v) is 2.07. The molecular formula is C12H16O4S. The number of hydrogen-bond acceptors (Lipinski definition) is 4. The Morgan fingerprint density at radius 3 is 2.24 bits per heavy atom. The van der Waals surface area contributed by atoms with Gasteiger partial charge in [-0.1, -0.05) is 0 Å². The highest BCUT2D eigenvalue weighted by Crippen LogP contribution is 2.17. The molecule has 4 nitrogen and oxygen atoms in total. The lowest BCUT2D eigenvalue weighted by atomic mass is 10.2. The molecule has 0 amide bonds. The number of rotatable bonds is 5. The summed E-state index contributed by atoms with van der Waals surface area (Å²) >= 11 is 0. The molecule has 0 saturated carbocycles. The summed E-state index contributed by atoms with van der Waals surface area (Å²) in [6, 6.07) is 6.16. The Kier molecular flexibility index (Phi) is 4.28. The molecule has 0 aromatic heterocycles. The average molecular weight is 256 g/mol. The Morgan fingerprint density at radius 1 is 1.29 bits per heavy atom. The molecule has 0 aliphatic rings. The van der Waals surface area contributed by atoms with E-state index in [1.807, 2.05) is 0 Å². The highest BCUT2D eigenvalue weighted by Gasteiger charge is 2.09. The fourth-order valence-electron chi connectivity index (χ4n) is 1.44. The Morgan fingerprint density at radius 2 is 1.82 bits per heavy atom. The zero-order chi connectivity index (χ0) is 13.1. The quantitative estimate of drug-likeness (QED) is 0.806. The summed E-state index contributed by atoms with van der Waals surface area (Å²) in [5.74, 6) is 0.622. The normalized spacial score (nSPS) is 13.1. The third kappa shape index (κ3) is 4.56. The van der Waals surface area contributed by atoms with E-state index in [2.05, 4.69) is 0 Å². The summed E-state index contributed by atoms with van der Waals surface area (Å²) in [6.07, 6.45) is 1.28. The largest absolute Gasteiger partial charge is 0.490 e. The summed E-state index contributed by atoms with van der Waals surface area (Å²) in [5.41, 5.74) is 0. The number of ketones is 1. The van der Waals surface area contributed by atoms with Gasteiger partial charge in [-0.15, -0.1) is 0 Å². The van der Waals surface area contributed by atoms with Crippen molar-refractivity contribution in [2.75, 3.05) is 6.26 Å². The number of Topliss-reactive ketones (excluding diaryl/α,β-unsaturated/α-hetero) is 1. The highest BCUT2D eigenvalue weighted by molar-refractivity contribution is 7.90. The van der Waals surface area contributed by atoms with Crippen LogP contribution in [0.15, 0.2) is 29.2 Å². The predicted molar refractivity (Wildman–Crippen MR) is 64.9 cm³/mol. The lowest BCUT2D eigenvalue weighted by Gasteiger charge is -2.13. The third-order valence-corrected chi connectivity index (χ3v) is 3.29. The lowest BCUT2D eigenvalue weighted by molar-refractivity contribution is -0.118. The highest BCUT2D eigenvalue weighted by atomic mass is 32.2. The number of hydrogen-bond donors (Lipinski definition) is 0. The minimum absolute atomic E-state index is 0.0604. The van der Waals surface area contributed by atoms with Gasteiger partial charge < -0.3 is 4.74 Å². The van der Waals surface area contributed by atoms with E-state index >= 15 is 0 Å². The van der Waals surface area contributed by atoms with Crippen LogP contribution in [0.2, 0.25) is 0 Å². The molecule has 0 fully saturated rings. The molecule has 0 N–H and O–H groups in total. The molecule has 1 atom stereocenters. The molecule has 0 radical (unpaired) electrons. The Hall–Kier alpha value is -1.36. The predicted octanol–water partition coefficient (Wildman–Crippen LogP) is 1.84. The van der Waals surface area contributed by atoms with Crippen molar-refractivity contribution in [1.82, 2.24) is 0 Å². The van der Waals surface area contributed by atoms with Crippen molar-refractivity contribution in [2.24, 2.45) is 0 Å². The average Bonchev–Trinajstić information content (AvgIpc) is 2.15. The van der Waals surface area contributed by atoms with Gasteiger partial charge in [0.15, 0.2) is 9.84 Å². The number of carbonyl (C=O) groups is 1. The van der Waals surface area contributed by atoms with Gasteiger partial charge in [-0.25, -0.2) is 8.42 Å². The first-order valence-corrected chi connectivity index (χ1v) is 7.14. The molecule has 1 unspecified atom stereocenters. The van der Waals surface area contributed by atoms with Crippen molar-refractivity contribution in [1.29, 1.82) is 0 Å². The van der Waals surface area contributed by atoms with E-state index in [4.69, 9.17) is 4.74 Å². The van der Waals surface area contributed by atoms with E-state index < -0.39 is 9.84 Å². The number of sulfone groups is 1. The first kappa shape index (κ1) is 13.7. The molecule has 0 aliphatic heterocycles. The van der Waals surface area contributed by atoms with Gasteiger partial charge in [-0.2, -0.15) is 0 Å². The summed E-state index contributed by atoms with van der Waals surface area (Å²) < 4.78 is 27.9. The first-order valence-electron chi connectivity index (χ1n) is 5.25. The maximum Gasteiger partial charge on any atom is 0.175 e. The van der Waals surface area contributed by atoms with Crippen LogP contribution in [-0.4, -0.2) is 26.6 Å². The molecule has 1 aromatic rings. The van der Waals surface area contributed by atoms with Crippen LogP contribution in [0.3, 0.4) is 0 Å². The summed E-state index contributed by atoms with van der Waals surface area (Å²) in [4.78, 5) is 11.1. The van der Waals surface area contributed by atoms with Crippen LogP contribution >= 0.6 is 0 Å². The molecular weight excluding hydrogens is 240 g/mol. The van der Waals surface area contributed by atoms with Gasteiger partial charge in [0.25, 0.3) is 0 Å². The monoisotopic (exact) mass is 256 g/mol. The van der Waals surface area contributed by atoms with Gasteiger partial charge in [0.1, 0.15) is 17.6 Å². The summed E-state index contributed by atoms with van der Waals surface area (Å²) in [6.45, 7) is 3.30. The third-order valence-electron chi connectivity index (χ3n) is 2.16. The first-order chi connectivity index (χ1) is 7.79. The van der Waals surface area contributed by atoms with Crippen LogP contribution in [0.5, 0.6) is 5.75 Å². The minimum atomic E-state index is -3.18. The number of ether oxygens (including phenoxy) is 1. The summed E-state index contributed by atoms with van der Waals surface area (Å²) in [5, 5.41) is 0. The summed E-state index contributed by atoms with van der Waals surface area (Å²) in [7, 11) is -3.18. The van der Waals surface area contributed by atoms with E-state index in [1.54, 1.807) is 19.1 Å². The number of carbonyl (C=O) groups excluding carboxylic acids is 1. The molecule has 0 aliphatic carbocycles. The van der Waals surface area contributed by atoms with E-state index in [1.165, 1.54) is 19.1 Å². The Balaban J connectivity index is 2.72. The minimum Gasteiger partial charge on any atom is -0.490 e. The molecule has 17 heavy (non-hydrogen) atoms. The van der Waals surface area contributed by atoms with Crippen LogP contribution in [0.4, 0.5) is 0 Å². The fraction of sp³-hybridized carbons (Fsp3) is 0.417. The zero-order valence-electron chi connectivity index (χ0n) is 10.1. The second kappa shape index (κ2) is 5.31. The van der Waals surface area contributed by atoms with Gasteiger partial charge in [0.2, 0.25) is 0 Å². The molecule has 1 rings (SSSR count). The maximum atomic E-state index is 11.2.